The zero-order valence-electron chi connectivity index (χ0n) is 16.1. The van der Waals surface area contributed by atoms with Gasteiger partial charge in [-0.05, 0) is 47.7 Å². The number of carbonyl (C=O) groups is 2. The predicted octanol–water partition coefficient (Wildman–Crippen LogP) is 4.72. The van der Waals surface area contributed by atoms with Crippen molar-refractivity contribution < 1.29 is 14.3 Å². The highest BCUT2D eigenvalue weighted by Crippen LogP contribution is 2.36. The number of anilines is 2. The van der Waals surface area contributed by atoms with E-state index >= 15 is 0 Å². The van der Waals surface area contributed by atoms with Gasteiger partial charge in [-0.15, -0.1) is 11.3 Å². The maximum atomic E-state index is 13.3. The molecule has 146 valence electrons. The number of hydrogen-bond acceptors (Lipinski definition) is 5. The molecule has 5 nitrogen and oxygen atoms in total. The number of imide groups is 1. The molecule has 0 atom stereocenters. The first-order valence-electron chi connectivity index (χ1n) is 9.29. The lowest BCUT2D eigenvalue weighted by Gasteiger charge is -2.16. The first kappa shape index (κ1) is 19.0. The lowest BCUT2D eigenvalue weighted by molar-refractivity contribution is -0.120. The van der Waals surface area contributed by atoms with E-state index in [0.29, 0.717) is 17.0 Å². The Bertz CT molecular complexity index is 1090. The van der Waals surface area contributed by atoms with Crippen LogP contribution in [0.15, 0.2) is 71.7 Å². The van der Waals surface area contributed by atoms with Crippen LogP contribution in [0, 0.1) is 0 Å². The largest absolute Gasteiger partial charge is 0.497 e. The molecule has 3 aromatic rings. The Morgan fingerprint density at radius 3 is 2.45 bits per heavy atom. The van der Waals surface area contributed by atoms with E-state index < -0.39 is 0 Å². The summed E-state index contributed by atoms with van der Waals surface area (Å²) < 4.78 is 5.25. The minimum atomic E-state index is -0.383. The van der Waals surface area contributed by atoms with Gasteiger partial charge in [0.25, 0.3) is 11.8 Å². The molecule has 1 aliphatic rings. The van der Waals surface area contributed by atoms with Gasteiger partial charge in [0.15, 0.2) is 0 Å². The van der Waals surface area contributed by atoms with Crippen molar-refractivity contribution in [3.63, 3.8) is 0 Å². The van der Waals surface area contributed by atoms with Crippen molar-refractivity contribution >= 4 is 40.1 Å². The minimum Gasteiger partial charge on any atom is -0.497 e. The number of aryl methyl sites for hydroxylation is 1. The molecule has 0 aliphatic carbocycles. The van der Waals surface area contributed by atoms with Crippen LogP contribution in [0.4, 0.5) is 11.4 Å². The van der Waals surface area contributed by atoms with Gasteiger partial charge in [0.1, 0.15) is 11.4 Å². The Morgan fingerprint density at radius 1 is 1.00 bits per heavy atom. The summed E-state index contributed by atoms with van der Waals surface area (Å²) in [5.74, 6) is -0.151. The van der Waals surface area contributed by atoms with Crippen molar-refractivity contribution in [2.24, 2.45) is 0 Å². The lowest BCUT2D eigenvalue weighted by atomic mass is 10.1. The molecular weight excluding hydrogens is 384 g/mol. The lowest BCUT2D eigenvalue weighted by Crippen LogP contribution is -2.32. The quantitative estimate of drug-likeness (QED) is 0.604. The van der Waals surface area contributed by atoms with Crippen LogP contribution in [-0.4, -0.2) is 18.9 Å². The summed E-state index contributed by atoms with van der Waals surface area (Å²) in [6.07, 6.45) is 0.935. The molecule has 0 saturated heterocycles. The number of thiophene rings is 1. The number of nitrogens with one attached hydrogen (secondary N) is 1. The van der Waals surface area contributed by atoms with E-state index in [2.05, 4.69) is 12.2 Å². The van der Waals surface area contributed by atoms with Crippen molar-refractivity contribution in [1.29, 1.82) is 0 Å². The average molecular weight is 404 g/mol. The topological polar surface area (TPSA) is 58.6 Å². The summed E-state index contributed by atoms with van der Waals surface area (Å²) in [5, 5.41) is 5.07. The summed E-state index contributed by atoms with van der Waals surface area (Å²) in [5.41, 5.74) is 3.11. The second-order valence-corrected chi connectivity index (χ2v) is 7.50. The van der Waals surface area contributed by atoms with Crippen LogP contribution in [0.25, 0.3) is 5.57 Å². The number of carbonyl (C=O) groups excluding carboxylic acids is 2. The van der Waals surface area contributed by atoms with E-state index in [1.54, 1.807) is 31.4 Å². The molecule has 0 saturated carbocycles. The van der Waals surface area contributed by atoms with Crippen LogP contribution in [0.1, 0.15) is 17.4 Å². The van der Waals surface area contributed by atoms with E-state index in [9.17, 15) is 9.59 Å². The summed E-state index contributed by atoms with van der Waals surface area (Å²) in [4.78, 5) is 28.5. The summed E-state index contributed by atoms with van der Waals surface area (Å²) in [7, 11) is 1.55. The van der Waals surface area contributed by atoms with Gasteiger partial charge in [0.2, 0.25) is 0 Å². The second-order valence-electron chi connectivity index (χ2n) is 6.55. The van der Waals surface area contributed by atoms with E-state index in [-0.39, 0.29) is 17.5 Å². The van der Waals surface area contributed by atoms with Crippen molar-refractivity contribution in [2.75, 3.05) is 17.3 Å². The first-order chi connectivity index (χ1) is 14.1. The molecule has 0 fully saturated rings. The Labute approximate surface area is 173 Å². The third kappa shape index (κ3) is 3.54. The third-order valence-corrected chi connectivity index (χ3v) is 5.68. The zero-order chi connectivity index (χ0) is 20.4. The Morgan fingerprint density at radius 2 is 1.79 bits per heavy atom. The number of amides is 2. The van der Waals surface area contributed by atoms with Crippen molar-refractivity contribution in [3.05, 3.63) is 82.2 Å². The number of benzene rings is 2. The molecule has 2 heterocycles. The van der Waals surface area contributed by atoms with E-state index in [1.807, 2.05) is 41.8 Å². The molecule has 1 aliphatic heterocycles. The maximum Gasteiger partial charge on any atom is 0.282 e. The highest BCUT2D eigenvalue weighted by Gasteiger charge is 2.40. The zero-order valence-corrected chi connectivity index (χ0v) is 17.0. The smallest absolute Gasteiger partial charge is 0.282 e. The van der Waals surface area contributed by atoms with E-state index in [4.69, 9.17) is 4.74 Å². The molecule has 6 heteroatoms. The molecule has 0 spiro atoms. The number of methoxy groups -OCH3 is 1. The SMILES string of the molecule is CCc1ccc(NC2=C(c3cccs3)C(=O)N(c3cccc(OC)c3)C2=O)cc1. The normalized spacial score (nSPS) is 13.9. The van der Waals surface area contributed by atoms with Gasteiger partial charge < -0.3 is 10.1 Å². The van der Waals surface area contributed by atoms with Gasteiger partial charge in [-0.25, -0.2) is 4.90 Å². The van der Waals surface area contributed by atoms with Crippen molar-refractivity contribution in [2.45, 2.75) is 13.3 Å². The predicted molar refractivity (Wildman–Crippen MR) is 116 cm³/mol. The first-order valence-corrected chi connectivity index (χ1v) is 10.2. The molecule has 2 amide bonds. The van der Waals surface area contributed by atoms with Crippen LogP contribution in [0.2, 0.25) is 0 Å². The van der Waals surface area contributed by atoms with Gasteiger partial charge in [-0.2, -0.15) is 0 Å². The fraction of sp³-hybridized carbons (Fsp3) is 0.130. The molecule has 0 unspecified atom stereocenters. The second kappa shape index (κ2) is 7.93. The van der Waals surface area contributed by atoms with E-state index in [1.165, 1.54) is 21.8 Å². The Hall–Kier alpha value is -3.38. The molecule has 1 aromatic heterocycles. The van der Waals surface area contributed by atoms with Gasteiger partial charge in [0, 0.05) is 16.6 Å². The molecule has 4 rings (SSSR count). The average Bonchev–Trinajstić information content (AvgIpc) is 3.35. The van der Waals surface area contributed by atoms with E-state index in [0.717, 1.165) is 17.0 Å². The van der Waals surface area contributed by atoms with Crippen LogP contribution >= 0.6 is 11.3 Å². The summed E-state index contributed by atoms with van der Waals surface area (Å²) >= 11 is 1.43. The molecule has 2 aromatic carbocycles. The molecule has 29 heavy (non-hydrogen) atoms. The van der Waals surface area contributed by atoms with Crippen LogP contribution < -0.4 is 15.0 Å². The molecule has 0 radical (unpaired) electrons. The highest BCUT2D eigenvalue weighted by atomic mass is 32.1. The van der Waals surface area contributed by atoms with Crippen molar-refractivity contribution in [3.8, 4) is 5.75 Å². The number of hydrogen-bond donors (Lipinski definition) is 1. The van der Waals surface area contributed by atoms with Gasteiger partial charge in [0.05, 0.1) is 18.4 Å². The highest BCUT2D eigenvalue weighted by molar-refractivity contribution is 7.11. The van der Waals surface area contributed by atoms with Crippen LogP contribution in [-0.2, 0) is 16.0 Å². The minimum absolute atomic E-state index is 0.282. The standard InChI is InChI=1S/C23H20N2O3S/c1-3-15-9-11-16(12-10-15)24-21-20(19-8-5-13-29-19)22(26)25(23(21)27)17-6-4-7-18(14-17)28-2/h4-14,24H,3H2,1-2H3. The fourth-order valence-corrected chi connectivity index (χ4v) is 4.02. The molecule has 0 bridgehead atoms. The number of nitrogens with zero attached hydrogens (tertiary/aromatic N) is 1. The van der Waals surface area contributed by atoms with Crippen LogP contribution in [0.3, 0.4) is 0 Å². The summed E-state index contributed by atoms with van der Waals surface area (Å²) in [6.45, 7) is 2.09. The van der Waals surface area contributed by atoms with Gasteiger partial charge in [-0.1, -0.05) is 31.2 Å². The third-order valence-electron chi connectivity index (χ3n) is 4.79. The molecule has 1 N–H and O–H groups in total. The van der Waals surface area contributed by atoms with Gasteiger partial charge in [-0.3, -0.25) is 9.59 Å². The number of ether oxygens (including phenoxy) is 1. The van der Waals surface area contributed by atoms with Crippen LogP contribution in [0.5, 0.6) is 5.75 Å². The monoisotopic (exact) mass is 404 g/mol. The Balaban J connectivity index is 1.76. The van der Waals surface area contributed by atoms with Crippen molar-refractivity contribution in [1.82, 2.24) is 0 Å². The number of rotatable bonds is 6. The van der Waals surface area contributed by atoms with Gasteiger partial charge >= 0.3 is 0 Å². The molecular formula is C23H20N2O3S. The maximum absolute atomic E-state index is 13.3. The Kier molecular flexibility index (Phi) is 5.18. The fourth-order valence-electron chi connectivity index (χ4n) is 3.25. The summed E-state index contributed by atoms with van der Waals surface area (Å²) in [6, 6.07) is 18.5.